The summed E-state index contributed by atoms with van der Waals surface area (Å²) in [6.07, 6.45) is 5.81. The molecule has 0 fully saturated rings. The van der Waals surface area contributed by atoms with Gasteiger partial charge in [-0.3, -0.25) is 19.9 Å². The Hall–Kier alpha value is -4.66. The molecule has 3 heterocycles. The number of hydrogen-bond donors (Lipinski definition) is 0. The third-order valence-electron chi connectivity index (χ3n) is 5.70. The minimum atomic E-state index is -0.435. The largest absolute Gasteiger partial charge is 0.273 e. The fourth-order valence-corrected chi connectivity index (χ4v) is 4.06. The Kier molecular flexibility index (Phi) is 5.43. The average molecular weight is 452 g/mol. The molecule has 1 aliphatic heterocycles. The summed E-state index contributed by atoms with van der Waals surface area (Å²) in [6, 6.07) is 19.3. The van der Waals surface area contributed by atoms with Gasteiger partial charge in [0.2, 0.25) is 5.91 Å². The summed E-state index contributed by atoms with van der Waals surface area (Å²) in [5.41, 5.74) is 4.62. The number of para-hydroxylation sites is 1. The van der Waals surface area contributed by atoms with E-state index in [4.69, 9.17) is 5.10 Å². The van der Waals surface area contributed by atoms with Crippen LogP contribution in [0.5, 0.6) is 0 Å². The lowest BCUT2D eigenvalue weighted by atomic mass is 9.97. The minimum absolute atomic E-state index is 0.00113. The fourth-order valence-electron chi connectivity index (χ4n) is 4.06. The number of benzene rings is 2. The van der Waals surface area contributed by atoms with Crippen LogP contribution < -0.4 is 0 Å². The van der Waals surface area contributed by atoms with E-state index in [0.29, 0.717) is 17.7 Å². The summed E-state index contributed by atoms with van der Waals surface area (Å²) in [4.78, 5) is 27.4. The van der Waals surface area contributed by atoms with E-state index in [0.717, 1.165) is 22.5 Å². The van der Waals surface area contributed by atoms with Crippen LogP contribution in [0.2, 0.25) is 0 Å². The van der Waals surface area contributed by atoms with Crippen molar-refractivity contribution in [2.45, 2.75) is 19.4 Å². The SMILES string of the molecule is CC(=O)N1N=C(c2cccnc2)CC1c1cn(-c2ccccc2)nc1-c1ccc([N+](=O)[O-])cc1. The van der Waals surface area contributed by atoms with E-state index in [9.17, 15) is 14.9 Å². The number of nitro benzene ring substituents is 1. The third-order valence-corrected chi connectivity index (χ3v) is 5.70. The van der Waals surface area contributed by atoms with Crippen LogP contribution in [0.15, 0.2) is 90.4 Å². The van der Waals surface area contributed by atoms with Gasteiger partial charge in [0.15, 0.2) is 0 Å². The van der Waals surface area contributed by atoms with Crippen LogP contribution in [0.25, 0.3) is 16.9 Å². The zero-order valence-electron chi connectivity index (χ0n) is 18.3. The molecule has 0 bridgehead atoms. The van der Waals surface area contributed by atoms with E-state index in [-0.39, 0.29) is 17.6 Å². The maximum Gasteiger partial charge on any atom is 0.269 e. The Morgan fingerprint density at radius 3 is 2.44 bits per heavy atom. The quantitative estimate of drug-likeness (QED) is 0.326. The van der Waals surface area contributed by atoms with E-state index < -0.39 is 4.92 Å². The highest BCUT2D eigenvalue weighted by atomic mass is 16.6. The van der Waals surface area contributed by atoms with Crippen LogP contribution in [-0.4, -0.2) is 36.3 Å². The van der Waals surface area contributed by atoms with Gasteiger partial charge in [-0.05, 0) is 30.3 Å². The van der Waals surface area contributed by atoms with E-state index in [2.05, 4.69) is 10.1 Å². The first-order valence-corrected chi connectivity index (χ1v) is 10.7. The number of non-ortho nitro benzene ring substituents is 1. The average Bonchev–Trinajstić information content (AvgIpc) is 3.50. The second-order valence-electron chi connectivity index (χ2n) is 7.89. The first-order valence-electron chi connectivity index (χ1n) is 10.7. The smallest absolute Gasteiger partial charge is 0.269 e. The molecule has 1 unspecified atom stereocenters. The van der Waals surface area contributed by atoms with Gasteiger partial charge in [0, 0.05) is 60.8 Å². The van der Waals surface area contributed by atoms with Crippen LogP contribution in [0.3, 0.4) is 0 Å². The van der Waals surface area contributed by atoms with Gasteiger partial charge in [-0.1, -0.05) is 24.3 Å². The molecule has 5 rings (SSSR count). The number of nitrogens with zero attached hydrogens (tertiary/aromatic N) is 6. The summed E-state index contributed by atoms with van der Waals surface area (Å²) < 4.78 is 1.76. The van der Waals surface area contributed by atoms with Crippen LogP contribution >= 0.6 is 0 Å². The predicted molar refractivity (Wildman–Crippen MR) is 126 cm³/mol. The highest BCUT2D eigenvalue weighted by Crippen LogP contribution is 2.38. The molecular formula is C25H20N6O3. The van der Waals surface area contributed by atoms with Crippen molar-refractivity contribution in [1.29, 1.82) is 0 Å². The normalized spacial score (nSPS) is 15.3. The molecule has 0 spiro atoms. The number of carbonyl (C=O) groups is 1. The molecule has 1 atom stereocenters. The maximum atomic E-state index is 12.6. The lowest BCUT2D eigenvalue weighted by molar-refractivity contribution is -0.384. The number of hydrazone groups is 1. The van der Waals surface area contributed by atoms with Gasteiger partial charge in [0.1, 0.15) is 0 Å². The van der Waals surface area contributed by atoms with Crippen molar-refractivity contribution in [1.82, 2.24) is 19.8 Å². The van der Waals surface area contributed by atoms with Crippen LogP contribution in [0, 0.1) is 10.1 Å². The number of amides is 1. The summed E-state index contributed by atoms with van der Waals surface area (Å²) in [7, 11) is 0. The maximum absolute atomic E-state index is 12.6. The lowest BCUT2D eigenvalue weighted by Crippen LogP contribution is -2.24. The zero-order valence-corrected chi connectivity index (χ0v) is 18.3. The van der Waals surface area contributed by atoms with Gasteiger partial charge in [0.05, 0.1) is 28.1 Å². The standard InChI is InChI=1S/C25H20N6O3/c1-17(32)30-24(14-23(27-30)19-6-5-13-26-15-19)22-16-29(20-7-3-2-4-8-20)28-25(22)18-9-11-21(12-10-18)31(33)34/h2-13,15-16,24H,14H2,1H3. The van der Waals surface area contributed by atoms with Gasteiger partial charge in [-0.2, -0.15) is 10.2 Å². The number of rotatable bonds is 5. The number of nitro groups is 1. The van der Waals surface area contributed by atoms with Crippen molar-refractivity contribution in [2.75, 3.05) is 0 Å². The molecule has 1 aliphatic rings. The molecule has 34 heavy (non-hydrogen) atoms. The molecule has 2 aromatic heterocycles. The fraction of sp³-hybridized carbons (Fsp3) is 0.120. The minimum Gasteiger partial charge on any atom is -0.273 e. The van der Waals surface area contributed by atoms with Crippen LogP contribution in [0.4, 0.5) is 5.69 Å². The first-order chi connectivity index (χ1) is 16.5. The van der Waals surface area contributed by atoms with Gasteiger partial charge >= 0.3 is 0 Å². The lowest BCUT2D eigenvalue weighted by Gasteiger charge is -2.20. The van der Waals surface area contributed by atoms with Crippen molar-refractivity contribution < 1.29 is 9.72 Å². The summed E-state index contributed by atoms with van der Waals surface area (Å²) in [5, 5.41) is 22.0. The molecule has 9 heteroatoms. The van der Waals surface area contributed by atoms with Crippen molar-refractivity contribution in [3.8, 4) is 16.9 Å². The monoisotopic (exact) mass is 452 g/mol. The molecule has 0 radical (unpaired) electrons. The van der Waals surface area contributed by atoms with Gasteiger partial charge in [-0.15, -0.1) is 0 Å². The molecule has 1 amide bonds. The number of carbonyl (C=O) groups excluding carboxylic acids is 1. The van der Waals surface area contributed by atoms with E-state index in [1.165, 1.54) is 24.1 Å². The second-order valence-corrected chi connectivity index (χ2v) is 7.89. The Morgan fingerprint density at radius 1 is 1.03 bits per heavy atom. The Bertz CT molecular complexity index is 1380. The van der Waals surface area contributed by atoms with Crippen molar-refractivity contribution in [2.24, 2.45) is 5.10 Å². The van der Waals surface area contributed by atoms with Crippen molar-refractivity contribution in [3.05, 3.63) is 107 Å². The molecule has 0 saturated heterocycles. The topological polar surface area (TPSA) is 107 Å². The van der Waals surface area contributed by atoms with E-state index in [1.807, 2.05) is 48.7 Å². The van der Waals surface area contributed by atoms with E-state index in [1.54, 1.807) is 29.2 Å². The Balaban J connectivity index is 1.61. The Labute approximate surface area is 195 Å². The van der Waals surface area contributed by atoms with E-state index >= 15 is 0 Å². The van der Waals surface area contributed by atoms with Crippen LogP contribution in [-0.2, 0) is 4.79 Å². The van der Waals surface area contributed by atoms with Crippen molar-refractivity contribution in [3.63, 3.8) is 0 Å². The predicted octanol–water partition coefficient (Wildman–Crippen LogP) is 4.54. The van der Waals surface area contributed by atoms with Crippen LogP contribution in [0.1, 0.15) is 30.5 Å². The third kappa shape index (κ3) is 3.95. The van der Waals surface area contributed by atoms with Gasteiger partial charge in [-0.25, -0.2) is 9.69 Å². The number of hydrogen-bond acceptors (Lipinski definition) is 6. The van der Waals surface area contributed by atoms with Gasteiger partial charge in [0.25, 0.3) is 5.69 Å². The van der Waals surface area contributed by atoms with Crippen molar-refractivity contribution >= 4 is 17.3 Å². The summed E-state index contributed by atoms with van der Waals surface area (Å²) >= 11 is 0. The Morgan fingerprint density at radius 2 is 1.79 bits per heavy atom. The molecule has 9 nitrogen and oxygen atoms in total. The van der Waals surface area contributed by atoms with Gasteiger partial charge < -0.3 is 0 Å². The molecule has 0 saturated carbocycles. The molecule has 0 N–H and O–H groups in total. The first kappa shape index (κ1) is 21.2. The highest BCUT2D eigenvalue weighted by molar-refractivity contribution is 6.03. The molecule has 4 aromatic rings. The number of pyridine rings is 1. The summed E-state index contributed by atoms with van der Waals surface area (Å²) in [6.45, 7) is 1.48. The molecule has 2 aromatic carbocycles. The zero-order chi connectivity index (χ0) is 23.7. The second kappa shape index (κ2) is 8.70. The molecule has 168 valence electrons. The molecular weight excluding hydrogens is 432 g/mol. The summed E-state index contributed by atoms with van der Waals surface area (Å²) in [5.74, 6) is -0.189. The highest BCUT2D eigenvalue weighted by Gasteiger charge is 2.35. The number of aromatic nitrogens is 3. The molecule has 0 aliphatic carbocycles.